The van der Waals surface area contributed by atoms with Crippen molar-refractivity contribution in [3.05, 3.63) is 35.9 Å². The monoisotopic (exact) mass is 372 g/mol. The smallest absolute Gasteiger partial charge is 0.246 e. The molecule has 2 fully saturated rings. The highest BCUT2D eigenvalue weighted by atomic mass is 16.5. The Morgan fingerprint density at radius 3 is 2.74 bits per heavy atom. The van der Waals surface area contributed by atoms with Crippen LogP contribution in [-0.2, 0) is 9.53 Å². The zero-order chi connectivity index (χ0) is 19.2. The van der Waals surface area contributed by atoms with Gasteiger partial charge in [-0.25, -0.2) is 0 Å². The highest BCUT2D eigenvalue weighted by Crippen LogP contribution is 2.23. The Balaban J connectivity index is 1.62. The predicted octanol–water partition coefficient (Wildman–Crippen LogP) is 3.20. The number of nitrogens with zero attached hydrogens (tertiary/aromatic N) is 2. The summed E-state index contributed by atoms with van der Waals surface area (Å²) >= 11 is 0. The van der Waals surface area contributed by atoms with Crippen LogP contribution in [0.2, 0.25) is 0 Å². The van der Waals surface area contributed by atoms with Crippen molar-refractivity contribution in [2.75, 3.05) is 32.8 Å². The lowest BCUT2D eigenvalue weighted by Gasteiger charge is -2.38. The molecule has 3 atom stereocenters. The third-order valence-electron chi connectivity index (χ3n) is 5.25. The SMILES string of the molecule is CCOc1ccccc1/C=C/C(=O)N1CCCC1CN1CC(C)OC(C)C1. The second-order valence-corrected chi connectivity index (χ2v) is 7.61. The minimum Gasteiger partial charge on any atom is -0.493 e. The second-order valence-electron chi connectivity index (χ2n) is 7.61. The molecular formula is C22H32N2O3. The summed E-state index contributed by atoms with van der Waals surface area (Å²) in [5, 5.41) is 0. The number of para-hydroxylation sites is 1. The highest BCUT2D eigenvalue weighted by molar-refractivity contribution is 5.92. The van der Waals surface area contributed by atoms with Crippen LogP contribution in [0.5, 0.6) is 5.75 Å². The van der Waals surface area contributed by atoms with Gasteiger partial charge in [-0.05, 0) is 45.8 Å². The van der Waals surface area contributed by atoms with Crippen LogP contribution in [0.3, 0.4) is 0 Å². The molecule has 1 amide bonds. The topological polar surface area (TPSA) is 42.0 Å². The molecule has 2 saturated heterocycles. The number of amides is 1. The molecule has 5 nitrogen and oxygen atoms in total. The van der Waals surface area contributed by atoms with Crippen LogP contribution in [0.1, 0.15) is 39.2 Å². The van der Waals surface area contributed by atoms with Gasteiger partial charge in [0.15, 0.2) is 0 Å². The number of ether oxygens (including phenoxy) is 2. The van der Waals surface area contributed by atoms with Crippen molar-refractivity contribution in [2.45, 2.75) is 51.9 Å². The van der Waals surface area contributed by atoms with Gasteiger partial charge in [-0.1, -0.05) is 18.2 Å². The summed E-state index contributed by atoms with van der Waals surface area (Å²) < 4.78 is 11.5. The molecule has 0 aromatic heterocycles. The van der Waals surface area contributed by atoms with Gasteiger partial charge in [-0.15, -0.1) is 0 Å². The first-order valence-corrected chi connectivity index (χ1v) is 10.1. The normalized spacial score (nSPS) is 26.6. The molecule has 2 aliphatic rings. The molecule has 2 heterocycles. The van der Waals surface area contributed by atoms with E-state index >= 15 is 0 Å². The number of rotatable bonds is 6. The van der Waals surface area contributed by atoms with Crippen LogP contribution in [0, 0.1) is 0 Å². The van der Waals surface area contributed by atoms with Gasteiger partial charge in [0.1, 0.15) is 5.75 Å². The van der Waals surface area contributed by atoms with Gasteiger partial charge in [-0.2, -0.15) is 0 Å². The number of benzene rings is 1. The molecule has 0 saturated carbocycles. The zero-order valence-electron chi connectivity index (χ0n) is 16.8. The molecule has 148 valence electrons. The Labute approximate surface area is 162 Å². The Morgan fingerprint density at radius 1 is 1.26 bits per heavy atom. The number of hydrogen-bond acceptors (Lipinski definition) is 4. The molecule has 0 spiro atoms. The minimum atomic E-state index is 0.0955. The van der Waals surface area contributed by atoms with E-state index in [1.54, 1.807) is 6.08 Å². The standard InChI is InChI=1S/C22H32N2O3/c1-4-26-21-10-6-5-8-19(21)11-12-22(25)24-13-7-9-20(24)16-23-14-17(2)27-18(3)15-23/h5-6,8,10-12,17-18,20H,4,7,9,13-16H2,1-3H3/b12-11+. The maximum atomic E-state index is 12.8. The fraction of sp³-hybridized carbons (Fsp3) is 0.591. The van der Waals surface area contributed by atoms with E-state index in [0.29, 0.717) is 12.6 Å². The van der Waals surface area contributed by atoms with Crippen LogP contribution in [0.25, 0.3) is 6.08 Å². The number of carbonyl (C=O) groups excluding carboxylic acids is 1. The molecule has 3 rings (SSSR count). The van der Waals surface area contributed by atoms with E-state index in [9.17, 15) is 4.79 Å². The fourth-order valence-electron chi connectivity index (χ4n) is 4.21. The maximum Gasteiger partial charge on any atom is 0.246 e. The van der Waals surface area contributed by atoms with Gasteiger partial charge in [0.25, 0.3) is 0 Å². The van der Waals surface area contributed by atoms with Crippen molar-refractivity contribution in [1.82, 2.24) is 9.80 Å². The summed E-state index contributed by atoms with van der Waals surface area (Å²) in [5.74, 6) is 0.913. The van der Waals surface area contributed by atoms with Gasteiger partial charge in [-0.3, -0.25) is 9.69 Å². The van der Waals surface area contributed by atoms with Crippen molar-refractivity contribution < 1.29 is 14.3 Å². The molecule has 0 radical (unpaired) electrons. The first-order chi connectivity index (χ1) is 13.1. The van der Waals surface area contributed by atoms with Crippen LogP contribution < -0.4 is 4.74 Å². The van der Waals surface area contributed by atoms with Crippen LogP contribution in [-0.4, -0.2) is 66.7 Å². The molecule has 1 aromatic carbocycles. The third kappa shape index (κ3) is 5.33. The van der Waals surface area contributed by atoms with Gasteiger partial charge in [0, 0.05) is 43.9 Å². The molecule has 3 unspecified atom stereocenters. The third-order valence-corrected chi connectivity index (χ3v) is 5.25. The summed E-state index contributed by atoms with van der Waals surface area (Å²) in [6.45, 7) is 10.5. The zero-order valence-corrected chi connectivity index (χ0v) is 16.8. The van der Waals surface area contributed by atoms with Gasteiger partial charge < -0.3 is 14.4 Å². The van der Waals surface area contributed by atoms with Crippen LogP contribution in [0.15, 0.2) is 30.3 Å². The lowest BCUT2D eigenvalue weighted by molar-refractivity contribution is -0.127. The van der Waals surface area contributed by atoms with Gasteiger partial charge >= 0.3 is 0 Å². The van der Waals surface area contributed by atoms with Gasteiger partial charge in [0.2, 0.25) is 5.91 Å². The predicted molar refractivity (Wildman–Crippen MR) is 108 cm³/mol. The van der Waals surface area contributed by atoms with E-state index in [0.717, 1.165) is 50.3 Å². The molecule has 27 heavy (non-hydrogen) atoms. The number of carbonyl (C=O) groups is 1. The van der Waals surface area contributed by atoms with Crippen molar-refractivity contribution >= 4 is 12.0 Å². The average molecular weight is 373 g/mol. The van der Waals surface area contributed by atoms with Crippen molar-refractivity contribution in [3.8, 4) is 5.75 Å². The first kappa shape index (κ1) is 19.9. The Hall–Kier alpha value is -1.85. The Morgan fingerprint density at radius 2 is 2.00 bits per heavy atom. The maximum absolute atomic E-state index is 12.8. The van der Waals surface area contributed by atoms with E-state index in [2.05, 4.69) is 18.7 Å². The van der Waals surface area contributed by atoms with E-state index in [4.69, 9.17) is 9.47 Å². The van der Waals surface area contributed by atoms with Crippen LogP contribution >= 0.6 is 0 Å². The van der Waals surface area contributed by atoms with E-state index in [1.807, 2.05) is 42.2 Å². The quantitative estimate of drug-likeness (QED) is 0.719. The number of hydrogen-bond donors (Lipinski definition) is 0. The molecule has 2 aliphatic heterocycles. The fourth-order valence-corrected chi connectivity index (χ4v) is 4.21. The Bertz CT molecular complexity index is 651. The van der Waals surface area contributed by atoms with Crippen molar-refractivity contribution in [2.24, 2.45) is 0 Å². The summed E-state index contributed by atoms with van der Waals surface area (Å²) in [7, 11) is 0. The minimum absolute atomic E-state index is 0.0955. The molecule has 1 aromatic rings. The second kappa shape index (κ2) is 9.38. The molecular weight excluding hydrogens is 340 g/mol. The molecule has 0 aliphatic carbocycles. The van der Waals surface area contributed by atoms with E-state index < -0.39 is 0 Å². The number of morpholine rings is 1. The highest BCUT2D eigenvalue weighted by Gasteiger charge is 2.31. The molecule has 0 N–H and O–H groups in total. The first-order valence-electron chi connectivity index (χ1n) is 10.1. The number of likely N-dealkylation sites (tertiary alicyclic amines) is 1. The van der Waals surface area contributed by atoms with Crippen molar-refractivity contribution in [3.63, 3.8) is 0 Å². The average Bonchev–Trinajstić information content (AvgIpc) is 3.08. The molecule has 5 heteroatoms. The van der Waals surface area contributed by atoms with Crippen LogP contribution in [0.4, 0.5) is 0 Å². The summed E-state index contributed by atoms with van der Waals surface area (Å²) in [6.07, 6.45) is 6.25. The largest absolute Gasteiger partial charge is 0.493 e. The van der Waals surface area contributed by atoms with Crippen molar-refractivity contribution in [1.29, 1.82) is 0 Å². The Kier molecular flexibility index (Phi) is 6.91. The summed E-state index contributed by atoms with van der Waals surface area (Å²) in [6, 6.07) is 8.12. The lowest BCUT2D eigenvalue weighted by Crippen LogP contribution is -2.50. The summed E-state index contributed by atoms with van der Waals surface area (Å²) in [4.78, 5) is 17.3. The van der Waals surface area contributed by atoms with Gasteiger partial charge in [0.05, 0.1) is 18.8 Å². The van der Waals surface area contributed by atoms with E-state index in [1.165, 1.54) is 0 Å². The summed E-state index contributed by atoms with van der Waals surface area (Å²) in [5.41, 5.74) is 0.944. The van der Waals surface area contributed by atoms with E-state index in [-0.39, 0.29) is 18.1 Å². The molecule has 0 bridgehead atoms. The lowest BCUT2D eigenvalue weighted by atomic mass is 10.1.